The molecule has 0 spiro atoms. The normalized spacial score (nSPS) is 22.8. The number of hydrogen-bond donors (Lipinski definition) is 0. The first-order chi connectivity index (χ1) is 5.54. The van der Waals surface area contributed by atoms with Gasteiger partial charge in [-0.2, -0.15) is 12.7 Å². The minimum absolute atomic E-state index is 0.0722. The van der Waals surface area contributed by atoms with E-state index in [-0.39, 0.29) is 19.2 Å². The molecule has 0 amide bonds. The maximum atomic E-state index is 12.4. The second-order valence-corrected chi connectivity index (χ2v) is 4.12. The summed E-state index contributed by atoms with van der Waals surface area (Å²) in [6.45, 7) is 0.439. The average molecular weight is 197 g/mol. The van der Waals surface area contributed by atoms with Crippen LogP contribution in [0.1, 0.15) is 12.8 Å². The lowest BCUT2D eigenvalue weighted by Crippen LogP contribution is -2.38. The van der Waals surface area contributed by atoms with Gasteiger partial charge in [-0.25, -0.2) is 0 Å². The Morgan fingerprint density at radius 3 is 2.25 bits per heavy atom. The van der Waals surface area contributed by atoms with Crippen LogP contribution in [0.4, 0.5) is 3.89 Å². The summed E-state index contributed by atoms with van der Waals surface area (Å²) in [7, 11) is -2.91. The van der Waals surface area contributed by atoms with Gasteiger partial charge in [0.15, 0.2) is 0 Å². The molecule has 12 heavy (non-hydrogen) atoms. The van der Waals surface area contributed by atoms with Gasteiger partial charge in [0.2, 0.25) is 0 Å². The minimum atomic E-state index is -4.48. The van der Waals surface area contributed by atoms with E-state index < -0.39 is 10.4 Å². The first kappa shape index (κ1) is 9.88. The van der Waals surface area contributed by atoms with E-state index in [2.05, 4.69) is 0 Å². The maximum absolute atomic E-state index is 12.4. The Bertz CT molecular complexity index is 233. The highest BCUT2D eigenvalue weighted by atomic mass is 32.3. The molecule has 6 heteroatoms. The monoisotopic (exact) mass is 197 g/mol. The highest BCUT2D eigenvalue weighted by molar-refractivity contribution is 7.83. The smallest absolute Gasteiger partial charge is 0.374 e. The molecule has 1 rings (SSSR count). The van der Waals surface area contributed by atoms with Crippen LogP contribution in [-0.4, -0.2) is 39.0 Å². The Labute approximate surface area is 71.7 Å². The van der Waals surface area contributed by atoms with Crippen LogP contribution in [0.3, 0.4) is 0 Å². The highest BCUT2D eigenvalue weighted by Crippen LogP contribution is 2.16. The van der Waals surface area contributed by atoms with Gasteiger partial charge in [-0.15, -0.1) is 0 Å². The molecule has 0 unspecified atom stereocenters. The number of nitrogens with zero attached hydrogens (tertiary/aromatic N) is 1. The van der Waals surface area contributed by atoms with Crippen molar-refractivity contribution in [3.8, 4) is 0 Å². The minimum Gasteiger partial charge on any atom is -0.381 e. The van der Waals surface area contributed by atoms with Gasteiger partial charge in [0, 0.05) is 20.2 Å². The summed E-state index contributed by atoms with van der Waals surface area (Å²) in [4.78, 5) is 0. The molecule has 1 aliphatic rings. The zero-order chi connectivity index (χ0) is 9.19. The zero-order valence-electron chi connectivity index (χ0n) is 6.86. The van der Waals surface area contributed by atoms with Crippen molar-refractivity contribution >= 4 is 10.4 Å². The fourth-order valence-corrected chi connectivity index (χ4v) is 1.93. The van der Waals surface area contributed by atoms with E-state index in [0.29, 0.717) is 12.8 Å². The second kappa shape index (κ2) is 3.68. The first-order valence-electron chi connectivity index (χ1n) is 3.76. The van der Waals surface area contributed by atoms with Crippen molar-refractivity contribution in [2.45, 2.75) is 18.9 Å². The lowest BCUT2D eigenvalue weighted by Gasteiger charge is -2.27. The van der Waals surface area contributed by atoms with Crippen LogP contribution in [0.15, 0.2) is 0 Å². The average Bonchev–Trinajstić information content (AvgIpc) is 2.03. The second-order valence-electron chi connectivity index (χ2n) is 2.78. The molecule has 1 aliphatic heterocycles. The molecule has 0 atom stereocenters. The van der Waals surface area contributed by atoms with E-state index >= 15 is 0 Å². The van der Waals surface area contributed by atoms with Gasteiger partial charge in [-0.1, -0.05) is 3.89 Å². The van der Waals surface area contributed by atoms with Crippen molar-refractivity contribution < 1.29 is 17.0 Å². The van der Waals surface area contributed by atoms with Gasteiger partial charge in [-0.3, -0.25) is 0 Å². The number of hydrogen-bond acceptors (Lipinski definition) is 3. The summed E-state index contributed by atoms with van der Waals surface area (Å²) >= 11 is 0. The number of ether oxygens (including phenoxy) is 1. The van der Waals surface area contributed by atoms with E-state index in [1.54, 1.807) is 7.11 Å². The molecule has 0 bridgehead atoms. The van der Waals surface area contributed by atoms with Crippen molar-refractivity contribution in [2.75, 3.05) is 20.2 Å². The van der Waals surface area contributed by atoms with Gasteiger partial charge in [0.25, 0.3) is 0 Å². The highest BCUT2D eigenvalue weighted by Gasteiger charge is 2.27. The van der Waals surface area contributed by atoms with Gasteiger partial charge in [0.1, 0.15) is 0 Å². The van der Waals surface area contributed by atoms with Crippen LogP contribution in [0.5, 0.6) is 0 Å². The molecule has 0 aromatic rings. The van der Waals surface area contributed by atoms with Crippen molar-refractivity contribution in [2.24, 2.45) is 0 Å². The molecule has 0 radical (unpaired) electrons. The molecule has 1 saturated heterocycles. The summed E-state index contributed by atoms with van der Waals surface area (Å²) in [5, 5.41) is 0. The van der Waals surface area contributed by atoms with Gasteiger partial charge in [0.05, 0.1) is 6.10 Å². The maximum Gasteiger partial charge on any atom is 0.374 e. The summed E-state index contributed by atoms with van der Waals surface area (Å²) < 4.78 is 39.0. The summed E-state index contributed by atoms with van der Waals surface area (Å²) in [5.74, 6) is 0. The quantitative estimate of drug-likeness (QED) is 0.599. The molecular weight excluding hydrogens is 185 g/mol. The van der Waals surface area contributed by atoms with Crippen molar-refractivity contribution in [3.05, 3.63) is 0 Å². The predicted molar refractivity (Wildman–Crippen MR) is 41.6 cm³/mol. The molecule has 0 aromatic heterocycles. The van der Waals surface area contributed by atoms with Gasteiger partial charge < -0.3 is 4.74 Å². The summed E-state index contributed by atoms with van der Waals surface area (Å²) in [6.07, 6.45) is 1.21. The Hall–Kier alpha value is -0.200. The van der Waals surface area contributed by atoms with Gasteiger partial charge in [-0.05, 0) is 12.8 Å². The van der Waals surface area contributed by atoms with E-state index in [4.69, 9.17) is 4.74 Å². The van der Waals surface area contributed by atoms with Crippen LogP contribution < -0.4 is 0 Å². The Morgan fingerprint density at radius 1 is 1.42 bits per heavy atom. The number of halogens is 1. The Kier molecular flexibility index (Phi) is 3.03. The zero-order valence-corrected chi connectivity index (χ0v) is 7.68. The third kappa shape index (κ3) is 2.40. The molecule has 72 valence electrons. The van der Waals surface area contributed by atoms with Crippen LogP contribution >= 0.6 is 0 Å². The first-order valence-corrected chi connectivity index (χ1v) is 5.10. The fourth-order valence-electron chi connectivity index (χ4n) is 1.29. The molecule has 0 aromatic carbocycles. The van der Waals surface area contributed by atoms with E-state index in [1.165, 1.54) is 0 Å². The Balaban J connectivity index is 2.47. The number of methoxy groups -OCH3 is 1. The van der Waals surface area contributed by atoms with Crippen LogP contribution in [0.25, 0.3) is 0 Å². The van der Waals surface area contributed by atoms with Crippen LogP contribution in [0, 0.1) is 0 Å². The van der Waals surface area contributed by atoms with Crippen LogP contribution in [-0.2, 0) is 15.1 Å². The molecule has 4 nitrogen and oxygen atoms in total. The molecular formula is C6H12FNO3S. The van der Waals surface area contributed by atoms with E-state index in [0.717, 1.165) is 4.31 Å². The number of rotatable bonds is 2. The third-order valence-electron chi connectivity index (χ3n) is 2.04. The SMILES string of the molecule is COC1CCN(S(=O)(=O)F)CC1. The Morgan fingerprint density at radius 2 is 1.92 bits per heavy atom. The van der Waals surface area contributed by atoms with Crippen molar-refractivity contribution in [3.63, 3.8) is 0 Å². The lowest BCUT2D eigenvalue weighted by atomic mass is 10.1. The van der Waals surface area contributed by atoms with Gasteiger partial charge >= 0.3 is 10.4 Å². The molecule has 1 fully saturated rings. The molecule has 0 saturated carbocycles. The van der Waals surface area contributed by atoms with E-state index in [1.807, 2.05) is 0 Å². The standard InChI is InChI=1S/C6H12FNO3S/c1-11-6-2-4-8(5-3-6)12(7,9)10/h6H,2-5H2,1H3. The third-order valence-corrected chi connectivity index (χ3v) is 3.02. The topological polar surface area (TPSA) is 46.6 Å². The van der Waals surface area contributed by atoms with Crippen molar-refractivity contribution in [1.82, 2.24) is 4.31 Å². The lowest BCUT2D eigenvalue weighted by molar-refractivity contribution is 0.0595. The largest absolute Gasteiger partial charge is 0.381 e. The summed E-state index contributed by atoms with van der Waals surface area (Å²) in [5.41, 5.74) is 0. The molecule has 0 aliphatic carbocycles. The van der Waals surface area contributed by atoms with Crippen molar-refractivity contribution in [1.29, 1.82) is 0 Å². The fraction of sp³-hybridized carbons (Fsp3) is 1.00. The predicted octanol–water partition coefficient (Wildman–Crippen LogP) is 0.312. The van der Waals surface area contributed by atoms with E-state index in [9.17, 15) is 12.3 Å². The van der Waals surface area contributed by atoms with Crippen LogP contribution in [0.2, 0.25) is 0 Å². The molecule has 0 N–H and O–H groups in total. The summed E-state index contributed by atoms with van der Waals surface area (Å²) in [6, 6.07) is 0. The molecule has 1 heterocycles. The number of piperidine rings is 1.